The number of phenols is 2. The van der Waals surface area contributed by atoms with Crippen LogP contribution in [-0.4, -0.2) is 38.6 Å². The molecule has 1 amide bonds. The first kappa shape index (κ1) is 14.6. The minimum atomic E-state index is -0.268. The predicted molar refractivity (Wildman–Crippen MR) is 79.8 cm³/mol. The Morgan fingerprint density at radius 1 is 1.25 bits per heavy atom. The van der Waals surface area contributed by atoms with E-state index in [9.17, 15) is 15.0 Å². The van der Waals surface area contributed by atoms with Crippen molar-refractivity contribution < 1.29 is 15.0 Å². The topological polar surface area (TPSA) is 86.8 Å². The summed E-state index contributed by atoms with van der Waals surface area (Å²) in [6.07, 6.45) is 4.02. The second-order valence-corrected chi connectivity index (χ2v) is 5.60. The Labute approximate surface area is 123 Å². The standard InChI is InChI=1S/C14H18N2O3S/c15-13(20)8-16(10-3-1-2-4-10)14(19)9-5-11(17)7-12(18)6-9/h5-7,10,17-18H,1-4,8H2,(H2,15,20). The number of phenolic OH excluding ortho intramolecular Hbond substituents is 2. The van der Waals surface area contributed by atoms with Crippen LogP contribution in [0.25, 0.3) is 0 Å². The van der Waals surface area contributed by atoms with Crippen molar-refractivity contribution in [3.8, 4) is 11.5 Å². The van der Waals surface area contributed by atoms with Crippen LogP contribution in [0, 0.1) is 0 Å². The highest BCUT2D eigenvalue weighted by atomic mass is 32.1. The lowest BCUT2D eigenvalue weighted by atomic mass is 10.1. The molecule has 1 aliphatic carbocycles. The van der Waals surface area contributed by atoms with Crippen molar-refractivity contribution in [3.05, 3.63) is 23.8 Å². The fourth-order valence-electron chi connectivity index (χ4n) is 2.64. The van der Waals surface area contributed by atoms with Crippen molar-refractivity contribution in [2.75, 3.05) is 6.54 Å². The minimum absolute atomic E-state index is 0.119. The summed E-state index contributed by atoms with van der Waals surface area (Å²) in [5, 5.41) is 19.0. The second kappa shape index (κ2) is 6.09. The Morgan fingerprint density at radius 2 is 1.80 bits per heavy atom. The maximum atomic E-state index is 12.6. The van der Waals surface area contributed by atoms with Crippen molar-refractivity contribution in [2.45, 2.75) is 31.7 Å². The third-order valence-electron chi connectivity index (χ3n) is 3.50. The summed E-state index contributed by atoms with van der Waals surface area (Å²) in [6.45, 7) is 0.218. The molecule has 2 rings (SSSR count). The van der Waals surface area contributed by atoms with Crippen LogP contribution in [0.3, 0.4) is 0 Å². The van der Waals surface area contributed by atoms with Gasteiger partial charge >= 0.3 is 0 Å². The van der Waals surface area contributed by atoms with Gasteiger partial charge in [0, 0.05) is 17.7 Å². The maximum Gasteiger partial charge on any atom is 0.254 e. The first-order valence-electron chi connectivity index (χ1n) is 6.59. The molecule has 20 heavy (non-hydrogen) atoms. The fraction of sp³-hybridized carbons (Fsp3) is 0.429. The molecule has 6 heteroatoms. The summed E-state index contributed by atoms with van der Waals surface area (Å²) in [7, 11) is 0. The Morgan fingerprint density at radius 3 is 2.30 bits per heavy atom. The summed E-state index contributed by atoms with van der Waals surface area (Å²) in [4.78, 5) is 14.5. The summed E-state index contributed by atoms with van der Waals surface area (Å²) >= 11 is 4.91. The third-order valence-corrected chi connectivity index (χ3v) is 3.63. The zero-order valence-electron chi connectivity index (χ0n) is 11.1. The van der Waals surface area contributed by atoms with E-state index < -0.39 is 0 Å². The fourth-order valence-corrected chi connectivity index (χ4v) is 2.77. The quantitative estimate of drug-likeness (QED) is 0.737. The van der Waals surface area contributed by atoms with E-state index in [1.165, 1.54) is 18.2 Å². The number of thiocarbonyl (C=S) groups is 1. The lowest BCUT2D eigenvalue weighted by Crippen LogP contribution is -2.43. The number of nitrogens with two attached hydrogens (primary N) is 1. The van der Waals surface area contributed by atoms with E-state index in [4.69, 9.17) is 18.0 Å². The number of hydrogen-bond donors (Lipinski definition) is 3. The average Bonchev–Trinajstić information content (AvgIpc) is 2.87. The van der Waals surface area contributed by atoms with E-state index in [2.05, 4.69) is 0 Å². The van der Waals surface area contributed by atoms with Crippen molar-refractivity contribution in [1.29, 1.82) is 0 Å². The summed E-state index contributed by atoms with van der Waals surface area (Å²) in [5.41, 5.74) is 5.82. The van der Waals surface area contributed by atoms with E-state index in [1.54, 1.807) is 4.90 Å². The van der Waals surface area contributed by atoms with Crippen LogP contribution in [0.5, 0.6) is 11.5 Å². The van der Waals surface area contributed by atoms with E-state index in [0.717, 1.165) is 25.7 Å². The van der Waals surface area contributed by atoms with Gasteiger partial charge < -0.3 is 20.8 Å². The van der Waals surface area contributed by atoms with E-state index in [-0.39, 0.29) is 40.5 Å². The van der Waals surface area contributed by atoms with Gasteiger partial charge in [0.15, 0.2) is 0 Å². The largest absolute Gasteiger partial charge is 0.508 e. The lowest BCUT2D eigenvalue weighted by molar-refractivity contribution is 0.0714. The molecule has 0 aromatic heterocycles. The van der Waals surface area contributed by atoms with Crippen LogP contribution in [0.15, 0.2) is 18.2 Å². The number of rotatable bonds is 4. The number of carbonyl (C=O) groups excluding carboxylic acids is 1. The maximum absolute atomic E-state index is 12.6. The first-order chi connectivity index (χ1) is 9.47. The molecule has 4 N–H and O–H groups in total. The molecular formula is C14H18N2O3S. The molecule has 0 atom stereocenters. The number of aromatic hydroxyl groups is 2. The van der Waals surface area contributed by atoms with E-state index in [1.807, 2.05) is 0 Å². The van der Waals surface area contributed by atoms with Gasteiger partial charge in [0.25, 0.3) is 5.91 Å². The molecule has 1 aromatic rings. The predicted octanol–water partition coefficient (Wildman–Crippen LogP) is 1.77. The summed E-state index contributed by atoms with van der Waals surface area (Å²) in [6, 6.07) is 3.98. The Bertz CT molecular complexity index is 507. The van der Waals surface area contributed by atoms with Crippen LogP contribution in [-0.2, 0) is 0 Å². The van der Waals surface area contributed by atoms with Gasteiger partial charge in [-0.05, 0) is 25.0 Å². The normalized spacial score (nSPS) is 15.2. The zero-order valence-corrected chi connectivity index (χ0v) is 11.9. The molecule has 1 fully saturated rings. The van der Waals surface area contributed by atoms with Gasteiger partial charge in [0.1, 0.15) is 11.5 Å². The van der Waals surface area contributed by atoms with Crippen LogP contribution >= 0.6 is 12.2 Å². The number of amides is 1. The van der Waals surface area contributed by atoms with Gasteiger partial charge in [-0.2, -0.15) is 0 Å². The van der Waals surface area contributed by atoms with Gasteiger partial charge in [0.2, 0.25) is 0 Å². The van der Waals surface area contributed by atoms with Crippen molar-refractivity contribution in [3.63, 3.8) is 0 Å². The molecule has 0 radical (unpaired) electrons. The molecule has 1 saturated carbocycles. The van der Waals surface area contributed by atoms with Crippen LogP contribution < -0.4 is 5.73 Å². The summed E-state index contributed by atoms with van der Waals surface area (Å²) < 4.78 is 0. The molecule has 0 bridgehead atoms. The zero-order chi connectivity index (χ0) is 14.7. The van der Waals surface area contributed by atoms with Gasteiger partial charge in [-0.1, -0.05) is 25.1 Å². The number of hydrogen-bond acceptors (Lipinski definition) is 4. The Hall–Kier alpha value is -1.82. The molecule has 0 unspecified atom stereocenters. The first-order valence-corrected chi connectivity index (χ1v) is 7.00. The van der Waals surface area contributed by atoms with Gasteiger partial charge in [-0.15, -0.1) is 0 Å². The molecule has 0 spiro atoms. The van der Waals surface area contributed by atoms with E-state index >= 15 is 0 Å². The molecule has 0 saturated heterocycles. The van der Waals surface area contributed by atoms with Gasteiger partial charge in [-0.25, -0.2) is 0 Å². The minimum Gasteiger partial charge on any atom is -0.508 e. The number of benzene rings is 1. The van der Waals surface area contributed by atoms with Crippen molar-refractivity contribution in [1.82, 2.24) is 4.90 Å². The SMILES string of the molecule is NC(=S)CN(C(=O)c1cc(O)cc(O)c1)C1CCCC1. The highest BCUT2D eigenvalue weighted by Gasteiger charge is 2.28. The van der Waals surface area contributed by atoms with Crippen LogP contribution in [0.2, 0.25) is 0 Å². The summed E-state index contributed by atoms with van der Waals surface area (Å²) in [5.74, 6) is -0.555. The molecule has 108 valence electrons. The van der Waals surface area contributed by atoms with Crippen molar-refractivity contribution >= 4 is 23.1 Å². The second-order valence-electron chi connectivity index (χ2n) is 5.08. The molecular weight excluding hydrogens is 276 g/mol. The monoisotopic (exact) mass is 294 g/mol. The van der Waals surface area contributed by atoms with Gasteiger partial charge in [0.05, 0.1) is 11.5 Å². The highest BCUT2D eigenvalue weighted by Crippen LogP contribution is 2.27. The Kier molecular flexibility index (Phi) is 4.44. The molecule has 1 aliphatic rings. The number of carbonyl (C=O) groups is 1. The van der Waals surface area contributed by atoms with E-state index in [0.29, 0.717) is 0 Å². The molecule has 1 aromatic carbocycles. The molecule has 5 nitrogen and oxygen atoms in total. The lowest BCUT2D eigenvalue weighted by Gasteiger charge is -2.28. The highest BCUT2D eigenvalue weighted by molar-refractivity contribution is 7.80. The van der Waals surface area contributed by atoms with Crippen molar-refractivity contribution in [2.24, 2.45) is 5.73 Å². The number of nitrogens with zero attached hydrogens (tertiary/aromatic N) is 1. The average molecular weight is 294 g/mol. The Balaban J connectivity index is 2.26. The third kappa shape index (κ3) is 3.39. The van der Waals surface area contributed by atoms with Crippen LogP contribution in [0.4, 0.5) is 0 Å². The molecule has 0 heterocycles. The van der Waals surface area contributed by atoms with Crippen LogP contribution in [0.1, 0.15) is 36.0 Å². The smallest absolute Gasteiger partial charge is 0.254 e. The molecule has 0 aliphatic heterocycles. The van der Waals surface area contributed by atoms with Gasteiger partial charge in [-0.3, -0.25) is 4.79 Å².